The summed E-state index contributed by atoms with van der Waals surface area (Å²) in [6.07, 6.45) is 0. The highest BCUT2D eigenvalue weighted by molar-refractivity contribution is 7.28. The average molecular weight is 727 g/mol. The number of nitrogens with zero attached hydrogens (tertiary/aromatic N) is 3. The minimum absolute atomic E-state index is 0.648. The summed E-state index contributed by atoms with van der Waals surface area (Å²) in [6, 6.07) is 46.7. The third-order valence-corrected chi connectivity index (χ3v) is 13.3. The molecular weight excluding hydrogens is 690 g/mol. The molecule has 0 saturated heterocycles. The van der Waals surface area contributed by atoms with Gasteiger partial charge in [-0.2, -0.15) is 0 Å². The van der Waals surface area contributed by atoms with Gasteiger partial charge >= 0.3 is 0 Å². The Morgan fingerprint density at radius 2 is 0.679 bits per heavy atom. The van der Waals surface area contributed by atoms with Crippen molar-refractivity contribution in [1.29, 1.82) is 0 Å². The molecule has 0 amide bonds. The molecule has 0 aliphatic rings. The topological polar surface area (TPSA) is 38.7 Å². The molecule has 258 valence electrons. The molecule has 11 heteroatoms. The van der Waals surface area contributed by atoms with Crippen LogP contribution in [0.25, 0.3) is 87.7 Å². The van der Waals surface area contributed by atoms with Gasteiger partial charge in [0, 0.05) is 26.1 Å². The third-order valence-electron chi connectivity index (χ3n) is 11.9. The maximum atomic E-state index is 5.03. The van der Waals surface area contributed by atoms with Crippen LogP contribution < -0.4 is 38.2 Å². The van der Waals surface area contributed by atoms with Gasteiger partial charge in [0.1, 0.15) is 54.9 Å². The van der Waals surface area contributed by atoms with Gasteiger partial charge in [0.2, 0.25) is 0 Å². The standard InChI is InChI=1S/C45H36B7N3S/c46-34-31(35(47)39(51)41-32(34)33-36(48)37(49)38(50)40(52)42(33)56-41)30-13-7-12-29(22-30)25-16-20-28(21-17-25)45-54-43(26-10-5-2-6-11-26)53-44(55-45)27-18-14-24(15-19-27)23-8-3-1-4-9-23/h1-22H,46-52H2. The lowest BCUT2D eigenvalue weighted by atomic mass is 9.64. The van der Waals surface area contributed by atoms with Crippen LogP contribution in [0.4, 0.5) is 0 Å². The smallest absolute Gasteiger partial charge is 0.164 e. The van der Waals surface area contributed by atoms with Gasteiger partial charge in [-0.25, -0.2) is 15.0 Å². The van der Waals surface area contributed by atoms with Crippen LogP contribution in [0.5, 0.6) is 0 Å². The Hall–Kier alpha value is -5.78. The first-order valence-corrected chi connectivity index (χ1v) is 20.1. The first-order valence-electron chi connectivity index (χ1n) is 19.3. The SMILES string of the molecule is Bc1c(B)c(B)c2c(sc3c(B)c(B)c(-c4cccc(-c5ccc(-c6nc(-c7ccccc7)nc(-c7ccc(-c8ccccc8)cc7)n6)cc5)c4)c(B)c32)c1B. The van der Waals surface area contributed by atoms with E-state index in [1.165, 1.54) is 80.7 Å². The first-order chi connectivity index (χ1) is 27.2. The van der Waals surface area contributed by atoms with Gasteiger partial charge in [-0.15, -0.1) is 22.3 Å². The van der Waals surface area contributed by atoms with Crippen LogP contribution in [0, 0.1) is 0 Å². The molecule has 0 unspecified atom stereocenters. The van der Waals surface area contributed by atoms with E-state index in [9.17, 15) is 0 Å². The van der Waals surface area contributed by atoms with Crippen LogP contribution in [0.3, 0.4) is 0 Å². The minimum atomic E-state index is 0.648. The van der Waals surface area contributed by atoms with Gasteiger partial charge in [-0.05, 0) is 50.2 Å². The molecule has 2 aromatic heterocycles. The lowest BCUT2D eigenvalue weighted by Crippen LogP contribution is -2.47. The van der Waals surface area contributed by atoms with Crippen molar-refractivity contribution in [2.75, 3.05) is 0 Å². The molecule has 0 fully saturated rings. The van der Waals surface area contributed by atoms with Gasteiger partial charge in [-0.3, -0.25) is 0 Å². The van der Waals surface area contributed by atoms with Crippen LogP contribution in [0.15, 0.2) is 133 Å². The van der Waals surface area contributed by atoms with E-state index in [0.29, 0.717) is 17.5 Å². The minimum Gasteiger partial charge on any atom is -0.208 e. The number of thiophene rings is 1. The van der Waals surface area contributed by atoms with Crippen LogP contribution in [0.1, 0.15) is 0 Å². The lowest BCUT2D eigenvalue weighted by molar-refractivity contribution is 1.07. The molecule has 0 bridgehead atoms. The molecule has 2 heterocycles. The van der Waals surface area contributed by atoms with Crippen molar-refractivity contribution in [3.63, 3.8) is 0 Å². The van der Waals surface area contributed by atoms with Gasteiger partial charge in [0.25, 0.3) is 0 Å². The summed E-state index contributed by atoms with van der Waals surface area (Å²) in [6.45, 7) is 0. The van der Waals surface area contributed by atoms with Gasteiger partial charge < -0.3 is 0 Å². The molecule has 0 aliphatic heterocycles. The van der Waals surface area contributed by atoms with Gasteiger partial charge in [-0.1, -0.05) is 155 Å². The van der Waals surface area contributed by atoms with E-state index in [1.54, 1.807) is 0 Å². The number of benzene rings is 7. The second kappa shape index (κ2) is 14.4. The molecule has 3 nitrogen and oxygen atoms in total. The summed E-state index contributed by atoms with van der Waals surface area (Å²) in [5, 5.41) is 2.85. The summed E-state index contributed by atoms with van der Waals surface area (Å²) in [5.74, 6) is 1.95. The first kappa shape index (κ1) is 35.9. The predicted molar refractivity (Wildman–Crippen MR) is 263 cm³/mol. The van der Waals surface area contributed by atoms with Crippen molar-refractivity contribution in [3.8, 4) is 67.5 Å². The molecule has 9 rings (SSSR count). The van der Waals surface area contributed by atoms with Gasteiger partial charge in [0.15, 0.2) is 17.5 Å². The number of fused-ring (bicyclic) bond motifs is 3. The number of rotatable bonds is 6. The van der Waals surface area contributed by atoms with Crippen LogP contribution in [0.2, 0.25) is 0 Å². The Kier molecular flexibility index (Phi) is 9.22. The lowest BCUT2D eigenvalue weighted by Gasteiger charge is -2.18. The fraction of sp³-hybridized carbons (Fsp3) is 0. The number of hydrogen-bond donors (Lipinski definition) is 0. The zero-order valence-electron chi connectivity index (χ0n) is 33.0. The second-order valence-corrected chi connectivity index (χ2v) is 16.1. The molecule has 0 spiro atoms. The summed E-state index contributed by atoms with van der Waals surface area (Å²) >= 11 is 1.97. The molecule has 0 N–H and O–H groups in total. The molecule has 7 aromatic carbocycles. The molecule has 0 saturated carbocycles. The normalized spacial score (nSPS) is 11.4. The molecular formula is C45H36B7N3S. The highest BCUT2D eigenvalue weighted by atomic mass is 32.1. The molecule has 9 aromatic rings. The van der Waals surface area contributed by atoms with Crippen molar-refractivity contribution in [1.82, 2.24) is 15.0 Å². The van der Waals surface area contributed by atoms with Crippen LogP contribution >= 0.6 is 11.3 Å². The summed E-state index contributed by atoms with van der Waals surface area (Å²) in [7, 11) is 16.1. The maximum Gasteiger partial charge on any atom is 0.164 e. The average Bonchev–Trinajstić information content (AvgIpc) is 3.67. The second-order valence-electron chi connectivity index (χ2n) is 15.0. The van der Waals surface area contributed by atoms with E-state index in [4.69, 9.17) is 15.0 Å². The largest absolute Gasteiger partial charge is 0.208 e. The van der Waals surface area contributed by atoms with Crippen LogP contribution in [-0.2, 0) is 0 Å². The zero-order chi connectivity index (χ0) is 38.7. The van der Waals surface area contributed by atoms with Crippen molar-refractivity contribution >= 4 is 125 Å². The Labute approximate surface area is 338 Å². The highest BCUT2D eigenvalue weighted by Gasteiger charge is 2.21. The molecule has 0 aliphatic carbocycles. The highest BCUT2D eigenvalue weighted by Crippen LogP contribution is 2.33. The van der Waals surface area contributed by atoms with E-state index < -0.39 is 0 Å². The zero-order valence-corrected chi connectivity index (χ0v) is 33.8. The summed E-state index contributed by atoms with van der Waals surface area (Å²) < 4.78 is 2.85. The molecule has 0 atom stereocenters. The predicted octanol–water partition coefficient (Wildman–Crippen LogP) is 0.0503. The van der Waals surface area contributed by atoms with Crippen molar-refractivity contribution < 1.29 is 0 Å². The Morgan fingerprint density at radius 1 is 0.304 bits per heavy atom. The Bertz CT molecular complexity index is 2970. The van der Waals surface area contributed by atoms with E-state index in [-0.39, 0.29) is 0 Å². The quantitative estimate of drug-likeness (QED) is 0.228. The van der Waals surface area contributed by atoms with Crippen molar-refractivity contribution in [2.24, 2.45) is 0 Å². The molecule has 0 radical (unpaired) electrons. The summed E-state index contributed by atoms with van der Waals surface area (Å²) in [4.78, 5) is 15.0. The van der Waals surface area contributed by atoms with Gasteiger partial charge in [0.05, 0.1) is 0 Å². The third kappa shape index (κ3) is 6.15. The fourth-order valence-electron chi connectivity index (χ4n) is 8.25. The summed E-state index contributed by atoms with van der Waals surface area (Å²) in [5.41, 5.74) is 19.8. The number of aromatic nitrogens is 3. The van der Waals surface area contributed by atoms with E-state index >= 15 is 0 Å². The van der Waals surface area contributed by atoms with Crippen molar-refractivity contribution in [3.05, 3.63) is 133 Å². The van der Waals surface area contributed by atoms with Crippen LogP contribution in [-0.4, -0.2) is 69.9 Å². The monoisotopic (exact) mass is 727 g/mol. The maximum absolute atomic E-state index is 5.03. The Balaban J connectivity index is 1.10. The van der Waals surface area contributed by atoms with E-state index in [1.807, 2.05) is 47.7 Å². The fourth-order valence-corrected chi connectivity index (χ4v) is 9.78. The van der Waals surface area contributed by atoms with Crippen molar-refractivity contribution in [2.45, 2.75) is 0 Å². The number of hydrogen-bond acceptors (Lipinski definition) is 4. The van der Waals surface area contributed by atoms with E-state index in [0.717, 1.165) is 27.8 Å². The molecule has 56 heavy (non-hydrogen) atoms. The Morgan fingerprint density at radius 3 is 1.23 bits per heavy atom. The van der Waals surface area contributed by atoms with E-state index in [2.05, 4.69) is 152 Å².